The van der Waals surface area contributed by atoms with Gasteiger partial charge in [0.2, 0.25) is 0 Å². The molecule has 0 bridgehead atoms. The molecule has 1 aliphatic heterocycles. The number of guanidine groups is 1. The van der Waals surface area contributed by atoms with Crippen molar-refractivity contribution in [1.82, 2.24) is 25.4 Å². The number of nitrogens with zero attached hydrogens (tertiary/aromatic N) is 4. The molecule has 0 unspecified atom stereocenters. The number of aliphatic imine (C=N–C) groups is 1. The molecule has 0 spiro atoms. The van der Waals surface area contributed by atoms with Crippen LogP contribution in [0.5, 0.6) is 0 Å². The Kier molecular flexibility index (Phi) is 6.95. The van der Waals surface area contributed by atoms with Crippen LogP contribution in [0.15, 0.2) is 29.3 Å². The molecule has 0 atom stereocenters. The van der Waals surface area contributed by atoms with E-state index in [1.807, 2.05) is 6.07 Å². The van der Waals surface area contributed by atoms with Crippen LogP contribution < -0.4 is 10.6 Å². The van der Waals surface area contributed by atoms with Gasteiger partial charge in [0.15, 0.2) is 11.8 Å². The Balaban J connectivity index is 0.00000208. The maximum absolute atomic E-state index is 13.2. The lowest BCUT2D eigenvalue weighted by Crippen LogP contribution is -2.37. The lowest BCUT2D eigenvalue weighted by Gasteiger charge is -2.16. The molecule has 8 heteroatoms. The summed E-state index contributed by atoms with van der Waals surface area (Å²) in [5.74, 6) is 2.41. The van der Waals surface area contributed by atoms with Crippen molar-refractivity contribution in [3.05, 3.63) is 47.3 Å². The van der Waals surface area contributed by atoms with E-state index in [4.69, 9.17) is 0 Å². The van der Waals surface area contributed by atoms with E-state index in [1.54, 1.807) is 13.1 Å². The molecule has 1 aromatic heterocycles. The van der Waals surface area contributed by atoms with E-state index >= 15 is 0 Å². The topological polar surface area (TPSA) is 67.1 Å². The molecule has 0 saturated heterocycles. The first kappa shape index (κ1) is 18.6. The first-order valence-electron chi connectivity index (χ1n) is 7.86. The van der Waals surface area contributed by atoms with Gasteiger partial charge < -0.3 is 15.2 Å². The second-order valence-corrected chi connectivity index (χ2v) is 5.55. The summed E-state index contributed by atoms with van der Waals surface area (Å²) in [6.07, 6.45) is 3.35. The van der Waals surface area contributed by atoms with Crippen molar-refractivity contribution in [2.75, 3.05) is 7.05 Å². The van der Waals surface area contributed by atoms with Gasteiger partial charge in [0.25, 0.3) is 0 Å². The average Bonchev–Trinajstić information content (AvgIpc) is 2.98. The van der Waals surface area contributed by atoms with Crippen LogP contribution in [0.1, 0.15) is 30.1 Å². The maximum Gasteiger partial charge on any atom is 0.191 e. The molecule has 0 fully saturated rings. The molecule has 0 radical (unpaired) electrons. The van der Waals surface area contributed by atoms with Crippen LogP contribution in [0, 0.1) is 5.82 Å². The van der Waals surface area contributed by atoms with Crippen LogP contribution in [-0.4, -0.2) is 27.8 Å². The van der Waals surface area contributed by atoms with Crippen molar-refractivity contribution >= 4 is 29.9 Å². The number of halogens is 2. The van der Waals surface area contributed by atoms with E-state index in [0.29, 0.717) is 19.0 Å². The van der Waals surface area contributed by atoms with Gasteiger partial charge in [-0.2, -0.15) is 0 Å². The van der Waals surface area contributed by atoms with E-state index in [0.717, 1.165) is 30.2 Å². The molecular weight excluding hydrogens is 422 g/mol. The third-order valence-corrected chi connectivity index (χ3v) is 3.92. The average molecular weight is 444 g/mol. The SMILES string of the molecule is CN=C(NCc1cccc(F)c1)NCc1nnc2n1CCCC2.I. The molecule has 2 aromatic rings. The molecule has 1 aliphatic rings. The van der Waals surface area contributed by atoms with Gasteiger partial charge in [-0.1, -0.05) is 12.1 Å². The Bertz CT molecular complexity index is 700. The minimum atomic E-state index is -0.234. The summed E-state index contributed by atoms with van der Waals surface area (Å²) < 4.78 is 15.4. The predicted octanol–water partition coefficient (Wildman–Crippen LogP) is 2.24. The summed E-state index contributed by atoms with van der Waals surface area (Å²) in [7, 11) is 1.71. The van der Waals surface area contributed by atoms with Gasteiger partial charge in [-0.15, -0.1) is 34.2 Å². The van der Waals surface area contributed by atoms with Crippen molar-refractivity contribution in [2.24, 2.45) is 4.99 Å². The van der Waals surface area contributed by atoms with Crippen LogP contribution >= 0.6 is 24.0 Å². The van der Waals surface area contributed by atoms with E-state index in [2.05, 4.69) is 30.4 Å². The minimum absolute atomic E-state index is 0. The van der Waals surface area contributed by atoms with Gasteiger partial charge in [0.05, 0.1) is 6.54 Å². The molecule has 130 valence electrons. The van der Waals surface area contributed by atoms with Crippen molar-refractivity contribution in [3.63, 3.8) is 0 Å². The highest BCUT2D eigenvalue weighted by Crippen LogP contribution is 2.13. The monoisotopic (exact) mass is 444 g/mol. The van der Waals surface area contributed by atoms with Crippen molar-refractivity contribution in [2.45, 2.75) is 38.9 Å². The standard InChI is InChI=1S/C16H21FN6.HI/c1-18-16(19-10-12-5-4-6-13(17)9-12)20-11-15-22-21-14-7-2-3-8-23(14)15;/h4-6,9H,2-3,7-8,10-11H2,1H3,(H2,18,19,20);1H. The smallest absolute Gasteiger partial charge is 0.191 e. The number of aromatic nitrogens is 3. The number of nitrogens with one attached hydrogen (secondary N) is 2. The molecule has 6 nitrogen and oxygen atoms in total. The molecule has 2 heterocycles. The number of fused-ring (bicyclic) bond motifs is 1. The van der Waals surface area contributed by atoms with Crippen LogP contribution in [0.3, 0.4) is 0 Å². The molecule has 0 amide bonds. The predicted molar refractivity (Wildman–Crippen MR) is 102 cm³/mol. The summed E-state index contributed by atoms with van der Waals surface area (Å²) in [4.78, 5) is 4.18. The van der Waals surface area contributed by atoms with E-state index < -0.39 is 0 Å². The van der Waals surface area contributed by atoms with Gasteiger partial charge in [-0.3, -0.25) is 4.99 Å². The van der Waals surface area contributed by atoms with Gasteiger partial charge in [0.1, 0.15) is 11.6 Å². The fourth-order valence-electron chi connectivity index (χ4n) is 2.72. The zero-order valence-electron chi connectivity index (χ0n) is 13.6. The zero-order chi connectivity index (χ0) is 16.1. The Hall–Kier alpha value is -1.71. The van der Waals surface area contributed by atoms with E-state index in [-0.39, 0.29) is 29.8 Å². The van der Waals surface area contributed by atoms with Crippen LogP contribution in [0.2, 0.25) is 0 Å². The molecule has 0 aliphatic carbocycles. The lowest BCUT2D eigenvalue weighted by atomic mass is 10.2. The summed E-state index contributed by atoms with van der Waals surface area (Å²) in [6, 6.07) is 6.52. The Labute approximate surface area is 158 Å². The Morgan fingerprint density at radius 1 is 1.25 bits per heavy atom. The fraction of sp³-hybridized carbons (Fsp3) is 0.438. The fourth-order valence-corrected chi connectivity index (χ4v) is 2.72. The third-order valence-electron chi connectivity index (χ3n) is 3.92. The molecule has 1 aromatic carbocycles. The van der Waals surface area contributed by atoms with E-state index in [1.165, 1.54) is 25.0 Å². The van der Waals surface area contributed by atoms with E-state index in [9.17, 15) is 4.39 Å². The van der Waals surface area contributed by atoms with Crippen LogP contribution in [0.25, 0.3) is 0 Å². The second-order valence-electron chi connectivity index (χ2n) is 5.55. The second kappa shape index (κ2) is 8.95. The minimum Gasteiger partial charge on any atom is -0.352 e. The number of rotatable bonds is 4. The Morgan fingerprint density at radius 2 is 2.08 bits per heavy atom. The first-order valence-corrected chi connectivity index (χ1v) is 7.86. The molecule has 3 rings (SSSR count). The summed E-state index contributed by atoms with van der Waals surface area (Å²) in [6.45, 7) is 2.06. The number of aryl methyl sites for hydroxylation is 1. The van der Waals surface area contributed by atoms with Crippen molar-refractivity contribution < 1.29 is 4.39 Å². The van der Waals surface area contributed by atoms with Crippen LogP contribution in [-0.2, 0) is 26.1 Å². The van der Waals surface area contributed by atoms with Gasteiger partial charge in [-0.05, 0) is 30.5 Å². The highest BCUT2D eigenvalue weighted by Gasteiger charge is 2.15. The van der Waals surface area contributed by atoms with Crippen LogP contribution in [0.4, 0.5) is 4.39 Å². The largest absolute Gasteiger partial charge is 0.352 e. The number of hydrogen-bond donors (Lipinski definition) is 2. The molecular formula is C16H22FIN6. The highest BCUT2D eigenvalue weighted by atomic mass is 127. The van der Waals surface area contributed by atoms with Gasteiger partial charge in [0, 0.05) is 26.6 Å². The third kappa shape index (κ3) is 4.65. The lowest BCUT2D eigenvalue weighted by molar-refractivity contribution is 0.504. The summed E-state index contributed by atoms with van der Waals surface area (Å²) in [5, 5.41) is 14.9. The Morgan fingerprint density at radius 3 is 2.88 bits per heavy atom. The number of hydrogen-bond acceptors (Lipinski definition) is 3. The maximum atomic E-state index is 13.2. The highest BCUT2D eigenvalue weighted by molar-refractivity contribution is 14.0. The molecule has 2 N–H and O–H groups in total. The number of benzene rings is 1. The van der Waals surface area contributed by atoms with Gasteiger partial charge >= 0.3 is 0 Å². The molecule has 24 heavy (non-hydrogen) atoms. The van der Waals surface area contributed by atoms with Crippen molar-refractivity contribution in [1.29, 1.82) is 0 Å². The normalized spacial score (nSPS) is 13.8. The van der Waals surface area contributed by atoms with Gasteiger partial charge in [-0.25, -0.2) is 4.39 Å². The zero-order valence-corrected chi connectivity index (χ0v) is 16.0. The van der Waals surface area contributed by atoms with Crippen molar-refractivity contribution in [3.8, 4) is 0 Å². The summed E-state index contributed by atoms with van der Waals surface area (Å²) in [5.41, 5.74) is 0.868. The first-order chi connectivity index (χ1) is 11.3. The summed E-state index contributed by atoms with van der Waals surface area (Å²) >= 11 is 0. The molecule has 0 saturated carbocycles. The quantitative estimate of drug-likeness (QED) is 0.432.